The molecular formula is C12H20N2S. The number of rotatable bonds is 4. The van der Waals surface area contributed by atoms with Gasteiger partial charge in [-0.1, -0.05) is 6.42 Å². The Kier molecular flexibility index (Phi) is 3.42. The van der Waals surface area contributed by atoms with Gasteiger partial charge in [-0.05, 0) is 39.5 Å². The van der Waals surface area contributed by atoms with E-state index >= 15 is 0 Å². The Hall–Kier alpha value is -0.410. The van der Waals surface area contributed by atoms with Crippen molar-refractivity contribution in [2.45, 2.75) is 52.6 Å². The summed E-state index contributed by atoms with van der Waals surface area (Å²) in [4.78, 5) is 5.85. The van der Waals surface area contributed by atoms with Crippen LogP contribution in [0.1, 0.15) is 41.8 Å². The summed E-state index contributed by atoms with van der Waals surface area (Å²) >= 11 is 1.82. The number of nitrogens with zero attached hydrogens (tertiary/aromatic N) is 1. The Morgan fingerprint density at radius 1 is 1.47 bits per heavy atom. The van der Waals surface area contributed by atoms with Crippen LogP contribution in [-0.2, 0) is 6.54 Å². The van der Waals surface area contributed by atoms with Crippen LogP contribution in [0.4, 0.5) is 0 Å². The average molecular weight is 224 g/mol. The summed E-state index contributed by atoms with van der Waals surface area (Å²) in [7, 11) is 0. The lowest BCUT2D eigenvalue weighted by molar-refractivity contribution is 0.240. The SMILES string of the molecule is Cc1nc(C)c(CNC(C)C2CCC2)s1. The molecular weight excluding hydrogens is 204 g/mol. The molecule has 0 aromatic carbocycles. The first-order valence-corrected chi connectivity index (χ1v) is 6.64. The van der Waals surface area contributed by atoms with Crippen molar-refractivity contribution in [2.75, 3.05) is 0 Å². The van der Waals surface area contributed by atoms with Crippen molar-refractivity contribution in [2.24, 2.45) is 5.92 Å². The topological polar surface area (TPSA) is 24.9 Å². The molecule has 0 saturated heterocycles. The molecule has 0 spiro atoms. The average Bonchev–Trinajstić information content (AvgIpc) is 2.38. The Morgan fingerprint density at radius 3 is 2.67 bits per heavy atom. The van der Waals surface area contributed by atoms with E-state index in [2.05, 4.69) is 31.1 Å². The fraction of sp³-hybridized carbons (Fsp3) is 0.750. The van der Waals surface area contributed by atoms with Crippen LogP contribution in [0.2, 0.25) is 0 Å². The van der Waals surface area contributed by atoms with Crippen LogP contribution in [0.25, 0.3) is 0 Å². The molecule has 1 aliphatic carbocycles. The van der Waals surface area contributed by atoms with Crippen LogP contribution in [0, 0.1) is 19.8 Å². The summed E-state index contributed by atoms with van der Waals surface area (Å²) < 4.78 is 0. The maximum Gasteiger partial charge on any atom is 0.0900 e. The predicted octanol–water partition coefficient (Wildman–Crippen LogP) is 3.04. The maximum atomic E-state index is 4.45. The molecule has 3 heteroatoms. The third-order valence-electron chi connectivity index (χ3n) is 3.44. The summed E-state index contributed by atoms with van der Waals surface area (Å²) in [5.41, 5.74) is 1.20. The van der Waals surface area contributed by atoms with E-state index < -0.39 is 0 Å². The fourth-order valence-corrected chi connectivity index (χ4v) is 2.99. The van der Waals surface area contributed by atoms with Gasteiger partial charge >= 0.3 is 0 Å². The van der Waals surface area contributed by atoms with Gasteiger partial charge < -0.3 is 5.32 Å². The van der Waals surface area contributed by atoms with E-state index in [9.17, 15) is 0 Å². The third-order valence-corrected chi connectivity index (χ3v) is 4.51. The van der Waals surface area contributed by atoms with Gasteiger partial charge in [0.2, 0.25) is 0 Å². The molecule has 0 amide bonds. The van der Waals surface area contributed by atoms with Crippen LogP contribution in [0.3, 0.4) is 0 Å². The smallest absolute Gasteiger partial charge is 0.0900 e. The van der Waals surface area contributed by atoms with Crippen molar-refractivity contribution in [1.82, 2.24) is 10.3 Å². The lowest BCUT2D eigenvalue weighted by Gasteiger charge is -2.32. The number of nitrogens with one attached hydrogen (secondary N) is 1. The van der Waals surface area contributed by atoms with Gasteiger partial charge in [0.05, 0.1) is 10.7 Å². The molecule has 1 atom stereocenters. The minimum Gasteiger partial charge on any atom is -0.309 e. The molecule has 0 radical (unpaired) electrons. The lowest BCUT2D eigenvalue weighted by Crippen LogP contribution is -2.36. The van der Waals surface area contributed by atoms with E-state index in [1.54, 1.807) is 0 Å². The van der Waals surface area contributed by atoms with Crippen molar-refractivity contribution in [3.05, 3.63) is 15.6 Å². The van der Waals surface area contributed by atoms with E-state index in [0.717, 1.165) is 12.5 Å². The minimum atomic E-state index is 0.667. The Morgan fingerprint density at radius 2 is 2.20 bits per heavy atom. The standard InChI is InChI=1S/C12H20N2S/c1-8(11-5-4-6-11)13-7-12-9(2)14-10(3)15-12/h8,11,13H,4-7H2,1-3H3. The first-order chi connectivity index (χ1) is 7.16. The molecule has 1 unspecified atom stereocenters. The Bertz CT molecular complexity index is 328. The second kappa shape index (κ2) is 4.62. The second-order valence-corrected chi connectivity index (χ2v) is 5.89. The van der Waals surface area contributed by atoms with E-state index in [-0.39, 0.29) is 0 Å². The van der Waals surface area contributed by atoms with Crippen molar-refractivity contribution >= 4 is 11.3 Å². The zero-order chi connectivity index (χ0) is 10.8. The quantitative estimate of drug-likeness (QED) is 0.850. The largest absolute Gasteiger partial charge is 0.309 e. The molecule has 1 fully saturated rings. The van der Waals surface area contributed by atoms with Crippen molar-refractivity contribution in [1.29, 1.82) is 0 Å². The summed E-state index contributed by atoms with van der Waals surface area (Å²) in [5, 5.41) is 4.81. The Labute approximate surface area is 96.1 Å². The normalized spacial score (nSPS) is 18.9. The van der Waals surface area contributed by atoms with Gasteiger partial charge in [0.15, 0.2) is 0 Å². The summed E-state index contributed by atoms with van der Waals surface area (Å²) in [6.07, 6.45) is 4.25. The zero-order valence-electron chi connectivity index (χ0n) is 9.84. The molecule has 1 heterocycles. The molecule has 1 aromatic heterocycles. The van der Waals surface area contributed by atoms with Crippen LogP contribution in [-0.4, -0.2) is 11.0 Å². The number of aromatic nitrogens is 1. The van der Waals surface area contributed by atoms with Gasteiger partial charge in [-0.15, -0.1) is 11.3 Å². The summed E-state index contributed by atoms with van der Waals surface area (Å²) in [6, 6.07) is 0.667. The van der Waals surface area contributed by atoms with Crippen LogP contribution in [0.5, 0.6) is 0 Å². The Balaban J connectivity index is 1.84. The predicted molar refractivity (Wildman–Crippen MR) is 65.2 cm³/mol. The highest BCUT2D eigenvalue weighted by Crippen LogP contribution is 2.29. The van der Waals surface area contributed by atoms with Gasteiger partial charge in [0.25, 0.3) is 0 Å². The minimum absolute atomic E-state index is 0.667. The van der Waals surface area contributed by atoms with Crippen LogP contribution < -0.4 is 5.32 Å². The molecule has 15 heavy (non-hydrogen) atoms. The number of aryl methyl sites for hydroxylation is 2. The van der Waals surface area contributed by atoms with E-state index in [1.165, 1.54) is 34.8 Å². The number of hydrogen-bond donors (Lipinski definition) is 1. The first-order valence-electron chi connectivity index (χ1n) is 5.83. The van der Waals surface area contributed by atoms with Crippen LogP contribution >= 0.6 is 11.3 Å². The molecule has 84 valence electrons. The monoisotopic (exact) mass is 224 g/mol. The van der Waals surface area contributed by atoms with E-state index in [1.807, 2.05) is 11.3 Å². The molecule has 1 aliphatic rings. The second-order valence-electron chi connectivity index (χ2n) is 4.60. The zero-order valence-corrected chi connectivity index (χ0v) is 10.7. The molecule has 1 saturated carbocycles. The highest BCUT2D eigenvalue weighted by atomic mass is 32.1. The van der Waals surface area contributed by atoms with E-state index in [0.29, 0.717) is 6.04 Å². The number of hydrogen-bond acceptors (Lipinski definition) is 3. The molecule has 0 bridgehead atoms. The van der Waals surface area contributed by atoms with Crippen molar-refractivity contribution in [3.63, 3.8) is 0 Å². The van der Waals surface area contributed by atoms with Gasteiger partial charge in [-0.2, -0.15) is 0 Å². The lowest BCUT2D eigenvalue weighted by atomic mass is 9.80. The molecule has 2 nitrogen and oxygen atoms in total. The van der Waals surface area contributed by atoms with Gasteiger partial charge in [0, 0.05) is 17.5 Å². The van der Waals surface area contributed by atoms with Crippen molar-refractivity contribution in [3.8, 4) is 0 Å². The van der Waals surface area contributed by atoms with Gasteiger partial charge in [-0.25, -0.2) is 4.98 Å². The highest BCUT2D eigenvalue weighted by molar-refractivity contribution is 7.11. The van der Waals surface area contributed by atoms with E-state index in [4.69, 9.17) is 0 Å². The first kappa shape index (κ1) is 11.1. The molecule has 1 N–H and O–H groups in total. The maximum absolute atomic E-state index is 4.45. The van der Waals surface area contributed by atoms with Crippen LogP contribution in [0.15, 0.2) is 0 Å². The highest BCUT2D eigenvalue weighted by Gasteiger charge is 2.23. The van der Waals surface area contributed by atoms with Crippen molar-refractivity contribution < 1.29 is 0 Å². The number of thiazole rings is 1. The molecule has 2 rings (SSSR count). The summed E-state index contributed by atoms with van der Waals surface area (Å²) in [5.74, 6) is 0.916. The van der Waals surface area contributed by atoms with Gasteiger partial charge in [-0.3, -0.25) is 0 Å². The fourth-order valence-electron chi connectivity index (χ4n) is 2.10. The third kappa shape index (κ3) is 2.58. The van der Waals surface area contributed by atoms with Gasteiger partial charge in [0.1, 0.15) is 0 Å². The molecule has 1 aromatic rings. The molecule has 0 aliphatic heterocycles. The summed E-state index contributed by atoms with van der Waals surface area (Å²) in [6.45, 7) is 7.49.